The molecule has 7 heteroatoms. The molecule has 0 bridgehead atoms. The molecule has 1 fully saturated rings. The second kappa shape index (κ2) is 8.37. The molecular weight excluding hydrogens is 386 g/mol. The van der Waals surface area contributed by atoms with E-state index in [1.54, 1.807) is 35.4 Å². The van der Waals surface area contributed by atoms with Gasteiger partial charge >= 0.3 is 0 Å². The van der Waals surface area contributed by atoms with Gasteiger partial charge in [0.15, 0.2) is 0 Å². The number of benzene rings is 1. The molecule has 2 aromatic rings. The minimum atomic E-state index is -0.183. The zero-order valence-corrected chi connectivity index (χ0v) is 17.5. The number of carbonyl (C=O) groups excluding carboxylic acids is 2. The highest BCUT2D eigenvalue weighted by Gasteiger charge is 2.35. The molecule has 6 nitrogen and oxygen atoms in total. The topological polar surface area (TPSA) is 62.2 Å². The smallest absolute Gasteiger partial charge is 0.262 e. The Balaban J connectivity index is 1.55. The van der Waals surface area contributed by atoms with Crippen molar-refractivity contribution in [3.05, 3.63) is 52.2 Å². The first-order chi connectivity index (χ1) is 14.1. The summed E-state index contributed by atoms with van der Waals surface area (Å²) in [4.78, 5) is 28.2. The molecule has 152 valence electrons. The highest BCUT2D eigenvalue weighted by Crippen LogP contribution is 2.35. The van der Waals surface area contributed by atoms with Gasteiger partial charge in [-0.3, -0.25) is 9.59 Å². The van der Waals surface area contributed by atoms with Crippen molar-refractivity contribution in [3.8, 4) is 5.75 Å². The summed E-state index contributed by atoms with van der Waals surface area (Å²) < 4.78 is 5.25. The normalized spacial score (nSPS) is 18.9. The predicted molar refractivity (Wildman–Crippen MR) is 113 cm³/mol. The molecule has 0 N–H and O–H groups in total. The number of nitrogens with zero attached hydrogens (tertiary/aromatic N) is 3. The Morgan fingerprint density at radius 3 is 2.59 bits per heavy atom. The Labute approximate surface area is 174 Å². The third-order valence-electron chi connectivity index (χ3n) is 5.68. The number of amides is 2. The monoisotopic (exact) mass is 411 g/mol. The van der Waals surface area contributed by atoms with E-state index in [1.807, 2.05) is 41.8 Å². The summed E-state index contributed by atoms with van der Waals surface area (Å²) in [6, 6.07) is 11.6. The summed E-state index contributed by atoms with van der Waals surface area (Å²) in [5, 5.41) is 8.23. The van der Waals surface area contributed by atoms with Gasteiger partial charge in [0.05, 0.1) is 23.7 Å². The molecule has 2 amide bonds. The van der Waals surface area contributed by atoms with Gasteiger partial charge in [0.2, 0.25) is 5.91 Å². The fourth-order valence-electron chi connectivity index (χ4n) is 3.74. The lowest BCUT2D eigenvalue weighted by atomic mass is 9.84. The van der Waals surface area contributed by atoms with Gasteiger partial charge in [-0.05, 0) is 42.0 Å². The van der Waals surface area contributed by atoms with Crippen molar-refractivity contribution in [1.29, 1.82) is 0 Å². The van der Waals surface area contributed by atoms with E-state index >= 15 is 0 Å². The Bertz CT molecular complexity index is 904. The molecule has 1 aliphatic carbocycles. The minimum absolute atomic E-state index is 0.0448. The van der Waals surface area contributed by atoms with E-state index in [0.717, 1.165) is 41.2 Å². The highest BCUT2D eigenvalue weighted by molar-refractivity contribution is 7.12. The summed E-state index contributed by atoms with van der Waals surface area (Å²) in [6.07, 6.45) is 3.60. The number of likely N-dealkylation sites (N-methyl/N-ethyl adjacent to an activating group) is 1. The number of methoxy groups -OCH3 is 1. The highest BCUT2D eigenvalue weighted by atomic mass is 32.1. The lowest BCUT2D eigenvalue weighted by Crippen LogP contribution is -2.42. The third kappa shape index (κ3) is 4.05. The number of hydrogen-bond acceptors (Lipinski definition) is 5. The van der Waals surface area contributed by atoms with Crippen LogP contribution in [0.15, 0.2) is 46.9 Å². The first kappa shape index (κ1) is 19.6. The van der Waals surface area contributed by atoms with Crippen LogP contribution >= 0.6 is 11.3 Å². The molecule has 1 aromatic heterocycles. The van der Waals surface area contributed by atoms with Gasteiger partial charge in [0.1, 0.15) is 12.3 Å². The number of carbonyl (C=O) groups is 2. The SMILES string of the molecule is COc1ccc([C@@H]2CC(c3cccs3)=NN2C(=O)CN(C)C(=O)C2CCC2)cc1. The van der Waals surface area contributed by atoms with Crippen LogP contribution in [0.5, 0.6) is 5.75 Å². The standard InChI is InChI=1S/C22H25N3O3S/c1-24(22(27)16-5-3-6-16)14-21(26)25-19(15-8-10-17(28-2)11-9-15)13-18(23-25)20-7-4-12-29-20/h4,7-12,16,19H,3,5-6,13-14H2,1-2H3/t19-/m0/s1. The molecule has 0 unspecified atom stereocenters. The third-order valence-corrected chi connectivity index (χ3v) is 6.59. The van der Waals surface area contributed by atoms with Crippen molar-refractivity contribution in [2.24, 2.45) is 11.0 Å². The van der Waals surface area contributed by atoms with E-state index < -0.39 is 0 Å². The van der Waals surface area contributed by atoms with Gasteiger partial charge in [-0.15, -0.1) is 11.3 Å². The van der Waals surface area contributed by atoms with E-state index in [4.69, 9.17) is 4.74 Å². The summed E-state index contributed by atoms with van der Waals surface area (Å²) in [6.45, 7) is 0.0448. The molecule has 1 aliphatic heterocycles. The average molecular weight is 412 g/mol. The van der Waals surface area contributed by atoms with Crippen LogP contribution in [-0.4, -0.2) is 48.1 Å². The van der Waals surface area contributed by atoms with Gasteiger partial charge in [-0.2, -0.15) is 5.10 Å². The lowest BCUT2D eigenvalue weighted by molar-refractivity contribution is -0.144. The zero-order chi connectivity index (χ0) is 20.4. The molecule has 4 rings (SSSR count). The van der Waals surface area contributed by atoms with E-state index in [9.17, 15) is 9.59 Å². The average Bonchev–Trinajstić information content (AvgIpc) is 3.36. The number of ether oxygens (including phenoxy) is 1. The number of hydrogen-bond donors (Lipinski definition) is 0. The number of hydrazone groups is 1. The summed E-state index contributed by atoms with van der Waals surface area (Å²) in [7, 11) is 3.34. The molecule has 2 heterocycles. The molecule has 29 heavy (non-hydrogen) atoms. The minimum Gasteiger partial charge on any atom is -0.497 e. The van der Waals surface area contributed by atoms with Gasteiger partial charge in [-0.1, -0.05) is 24.6 Å². The second-order valence-corrected chi connectivity index (χ2v) is 8.53. The first-order valence-corrected chi connectivity index (χ1v) is 10.8. The van der Waals surface area contributed by atoms with Crippen molar-refractivity contribution >= 4 is 28.9 Å². The van der Waals surface area contributed by atoms with Crippen molar-refractivity contribution in [2.75, 3.05) is 20.7 Å². The largest absolute Gasteiger partial charge is 0.497 e. The molecule has 1 aromatic carbocycles. The molecule has 0 spiro atoms. The molecular formula is C22H25N3O3S. The summed E-state index contributed by atoms with van der Waals surface area (Å²) in [5.74, 6) is 0.753. The Morgan fingerprint density at radius 2 is 2.00 bits per heavy atom. The van der Waals surface area contributed by atoms with E-state index in [-0.39, 0.29) is 30.3 Å². The van der Waals surface area contributed by atoms with Gasteiger partial charge in [-0.25, -0.2) is 5.01 Å². The van der Waals surface area contributed by atoms with E-state index in [1.165, 1.54) is 0 Å². The van der Waals surface area contributed by atoms with Gasteiger partial charge in [0, 0.05) is 19.4 Å². The molecule has 1 saturated carbocycles. The van der Waals surface area contributed by atoms with Crippen molar-refractivity contribution in [1.82, 2.24) is 9.91 Å². The fourth-order valence-corrected chi connectivity index (χ4v) is 4.46. The van der Waals surface area contributed by atoms with E-state index in [2.05, 4.69) is 5.10 Å². The van der Waals surface area contributed by atoms with Crippen LogP contribution in [-0.2, 0) is 9.59 Å². The van der Waals surface area contributed by atoms with Crippen molar-refractivity contribution in [2.45, 2.75) is 31.7 Å². The Morgan fingerprint density at radius 1 is 1.24 bits per heavy atom. The molecule has 0 saturated heterocycles. The Kier molecular flexibility index (Phi) is 5.67. The first-order valence-electron chi connectivity index (χ1n) is 9.89. The molecule has 0 radical (unpaired) electrons. The van der Waals surface area contributed by atoms with Crippen LogP contribution in [0.2, 0.25) is 0 Å². The predicted octanol–water partition coefficient (Wildman–Crippen LogP) is 3.69. The van der Waals surface area contributed by atoms with Crippen LogP contribution in [0.4, 0.5) is 0 Å². The quantitative estimate of drug-likeness (QED) is 0.728. The van der Waals surface area contributed by atoms with Crippen LogP contribution in [0.25, 0.3) is 0 Å². The van der Waals surface area contributed by atoms with Crippen molar-refractivity contribution < 1.29 is 14.3 Å². The van der Waals surface area contributed by atoms with Crippen molar-refractivity contribution in [3.63, 3.8) is 0 Å². The van der Waals surface area contributed by atoms with Crippen LogP contribution in [0.1, 0.15) is 42.2 Å². The van der Waals surface area contributed by atoms with E-state index in [0.29, 0.717) is 6.42 Å². The second-order valence-electron chi connectivity index (χ2n) is 7.58. The zero-order valence-electron chi connectivity index (χ0n) is 16.7. The maximum Gasteiger partial charge on any atom is 0.262 e. The van der Waals surface area contributed by atoms with Crippen LogP contribution in [0.3, 0.4) is 0 Å². The molecule has 2 aliphatic rings. The number of thiophene rings is 1. The van der Waals surface area contributed by atoms with Crippen LogP contribution < -0.4 is 4.74 Å². The van der Waals surface area contributed by atoms with Gasteiger partial charge in [0.25, 0.3) is 5.91 Å². The lowest BCUT2D eigenvalue weighted by Gasteiger charge is -2.30. The summed E-state index contributed by atoms with van der Waals surface area (Å²) in [5.41, 5.74) is 1.91. The number of rotatable bonds is 6. The van der Waals surface area contributed by atoms with Gasteiger partial charge < -0.3 is 9.64 Å². The Hall–Kier alpha value is -2.67. The van der Waals surface area contributed by atoms with Crippen LogP contribution in [0, 0.1) is 5.92 Å². The fraction of sp³-hybridized carbons (Fsp3) is 0.409. The maximum absolute atomic E-state index is 13.1. The molecule has 1 atom stereocenters. The maximum atomic E-state index is 13.1. The summed E-state index contributed by atoms with van der Waals surface area (Å²) >= 11 is 1.62.